The predicted molar refractivity (Wildman–Crippen MR) is 102 cm³/mol. The van der Waals surface area contributed by atoms with Crippen LogP contribution in [-0.4, -0.2) is 74.0 Å². The summed E-state index contributed by atoms with van der Waals surface area (Å²) in [6, 6.07) is 0. The van der Waals surface area contributed by atoms with Crippen molar-refractivity contribution in [3.05, 3.63) is 16.6 Å². The second kappa shape index (κ2) is 7.96. The van der Waals surface area contributed by atoms with Crippen LogP contribution in [0.4, 0.5) is 0 Å². The molecule has 4 rings (SSSR count). The van der Waals surface area contributed by atoms with Crippen LogP contribution in [0.15, 0.2) is 11.0 Å². The van der Waals surface area contributed by atoms with Gasteiger partial charge in [-0.3, -0.25) is 14.5 Å². The van der Waals surface area contributed by atoms with Crippen LogP contribution >= 0.6 is 0 Å². The first-order chi connectivity index (χ1) is 13.6. The highest BCUT2D eigenvalue weighted by molar-refractivity contribution is 5.76. The molecule has 0 atom stereocenters. The second-order valence-electron chi connectivity index (χ2n) is 7.72. The molecular formula is C18H27N7O3. The van der Waals surface area contributed by atoms with E-state index in [1.807, 2.05) is 0 Å². The van der Waals surface area contributed by atoms with Crippen LogP contribution in [0.3, 0.4) is 0 Å². The van der Waals surface area contributed by atoms with Gasteiger partial charge in [0.1, 0.15) is 11.9 Å². The molecular weight excluding hydrogens is 362 g/mol. The normalized spacial score (nSPS) is 20.3. The number of fused-ring (bicyclic) bond motifs is 1. The van der Waals surface area contributed by atoms with Gasteiger partial charge < -0.3 is 10.1 Å². The Morgan fingerprint density at radius 1 is 1.25 bits per heavy atom. The Bertz CT molecular complexity index is 894. The van der Waals surface area contributed by atoms with Gasteiger partial charge in [0.25, 0.3) is 5.56 Å². The van der Waals surface area contributed by atoms with Crippen LogP contribution in [0.1, 0.15) is 32.1 Å². The van der Waals surface area contributed by atoms with E-state index in [0.717, 1.165) is 43.8 Å². The van der Waals surface area contributed by atoms with Crippen LogP contribution in [-0.2, 0) is 23.1 Å². The lowest BCUT2D eigenvalue weighted by molar-refractivity contribution is -0.123. The van der Waals surface area contributed by atoms with Gasteiger partial charge in [0.05, 0.1) is 19.4 Å². The van der Waals surface area contributed by atoms with Crippen molar-refractivity contribution in [1.29, 1.82) is 0 Å². The molecule has 0 unspecified atom stereocenters. The number of nitrogens with zero attached hydrogens (tertiary/aromatic N) is 6. The first kappa shape index (κ1) is 19.0. The summed E-state index contributed by atoms with van der Waals surface area (Å²) in [5, 5.41) is 15.3. The third-order valence-corrected chi connectivity index (χ3v) is 5.99. The fourth-order valence-corrected chi connectivity index (χ4v) is 4.39. The van der Waals surface area contributed by atoms with E-state index in [1.54, 1.807) is 7.05 Å². The zero-order valence-corrected chi connectivity index (χ0v) is 16.3. The molecule has 1 amide bonds. The Balaban J connectivity index is 1.44. The fourth-order valence-electron chi connectivity index (χ4n) is 4.39. The van der Waals surface area contributed by atoms with Crippen molar-refractivity contribution in [2.24, 2.45) is 7.05 Å². The molecule has 1 saturated carbocycles. The largest absolute Gasteiger partial charge is 0.379 e. The van der Waals surface area contributed by atoms with Gasteiger partial charge >= 0.3 is 0 Å². The minimum atomic E-state index is -0.353. The Labute approximate surface area is 162 Å². The van der Waals surface area contributed by atoms with Crippen molar-refractivity contribution in [2.45, 2.75) is 44.2 Å². The number of aryl methyl sites for hydroxylation is 1. The average molecular weight is 389 g/mol. The smallest absolute Gasteiger partial charge is 0.281 e. The fraction of sp³-hybridized carbons (Fsp3) is 0.722. The number of nitrogens with one attached hydrogen (secondary N) is 1. The van der Waals surface area contributed by atoms with Crippen molar-refractivity contribution >= 4 is 16.9 Å². The first-order valence-electron chi connectivity index (χ1n) is 9.94. The molecule has 2 aromatic rings. The Hall–Kier alpha value is -2.33. The summed E-state index contributed by atoms with van der Waals surface area (Å²) in [5.74, 6) is -0.224. The second-order valence-corrected chi connectivity index (χ2v) is 7.72. The highest BCUT2D eigenvalue weighted by Gasteiger charge is 2.38. The van der Waals surface area contributed by atoms with E-state index in [0.29, 0.717) is 17.6 Å². The lowest BCUT2D eigenvalue weighted by Gasteiger charge is -2.48. The van der Waals surface area contributed by atoms with Gasteiger partial charge in [-0.15, -0.1) is 5.10 Å². The molecule has 1 aliphatic heterocycles. The van der Waals surface area contributed by atoms with Crippen molar-refractivity contribution < 1.29 is 9.53 Å². The molecule has 10 heteroatoms. The van der Waals surface area contributed by atoms with E-state index in [2.05, 4.69) is 25.6 Å². The van der Waals surface area contributed by atoms with Crippen LogP contribution in [0, 0.1) is 0 Å². The summed E-state index contributed by atoms with van der Waals surface area (Å²) >= 11 is 0. The van der Waals surface area contributed by atoms with E-state index < -0.39 is 0 Å². The zero-order valence-electron chi connectivity index (χ0n) is 16.3. The Morgan fingerprint density at radius 3 is 2.75 bits per heavy atom. The summed E-state index contributed by atoms with van der Waals surface area (Å²) in [5.41, 5.74) is 0.0469. The third-order valence-electron chi connectivity index (χ3n) is 5.99. The molecule has 0 bridgehead atoms. The lowest BCUT2D eigenvalue weighted by atomic mass is 9.79. The van der Waals surface area contributed by atoms with Crippen molar-refractivity contribution in [2.75, 3.05) is 32.8 Å². The number of carbonyl (C=O) groups is 1. The zero-order chi connectivity index (χ0) is 19.6. The van der Waals surface area contributed by atoms with E-state index in [9.17, 15) is 9.59 Å². The van der Waals surface area contributed by atoms with Gasteiger partial charge in [0.15, 0.2) is 5.65 Å². The number of hydrogen-bond acceptors (Lipinski definition) is 7. The molecule has 0 spiro atoms. The Morgan fingerprint density at radius 2 is 2.00 bits per heavy atom. The van der Waals surface area contributed by atoms with Gasteiger partial charge in [-0.2, -0.15) is 5.10 Å². The number of rotatable bonds is 5. The quantitative estimate of drug-likeness (QED) is 0.746. The van der Waals surface area contributed by atoms with Gasteiger partial charge in [-0.25, -0.2) is 9.36 Å². The van der Waals surface area contributed by atoms with Crippen molar-refractivity contribution in [3.8, 4) is 0 Å². The molecule has 2 fully saturated rings. The molecule has 28 heavy (non-hydrogen) atoms. The third kappa shape index (κ3) is 3.66. The topological polar surface area (TPSA) is 107 Å². The van der Waals surface area contributed by atoms with Crippen molar-refractivity contribution in [3.63, 3.8) is 0 Å². The summed E-state index contributed by atoms with van der Waals surface area (Å²) in [7, 11) is 1.70. The number of carbonyl (C=O) groups excluding carboxylic acids is 1. The minimum absolute atomic E-state index is 0.0123. The molecule has 2 aromatic heterocycles. The number of morpholine rings is 1. The molecule has 2 aliphatic rings. The molecule has 0 radical (unpaired) electrons. The van der Waals surface area contributed by atoms with Crippen LogP contribution in [0.25, 0.3) is 11.0 Å². The molecule has 152 valence electrons. The minimum Gasteiger partial charge on any atom is -0.379 e. The molecule has 1 aliphatic carbocycles. The maximum absolute atomic E-state index is 12.6. The number of ether oxygens (including phenoxy) is 1. The molecule has 1 N–H and O–H groups in total. The summed E-state index contributed by atoms with van der Waals surface area (Å²) < 4.78 is 8.09. The molecule has 3 heterocycles. The SMILES string of the molecule is Cn1ncc2c(=O)n(CC(=O)NCC3(N4CCOCC4)CCCCC3)nnc21. The molecule has 0 aromatic carbocycles. The monoisotopic (exact) mass is 389 g/mol. The van der Waals surface area contributed by atoms with Crippen LogP contribution in [0.5, 0.6) is 0 Å². The van der Waals surface area contributed by atoms with Crippen LogP contribution < -0.4 is 10.9 Å². The highest BCUT2D eigenvalue weighted by Crippen LogP contribution is 2.33. The average Bonchev–Trinajstić information content (AvgIpc) is 3.11. The predicted octanol–water partition coefficient (Wildman–Crippen LogP) is -0.324. The van der Waals surface area contributed by atoms with Gasteiger partial charge in [0, 0.05) is 32.2 Å². The number of hydrogen-bond donors (Lipinski definition) is 1. The van der Waals surface area contributed by atoms with E-state index in [4.69, 9.17) is 4.74 Å². The standard InChI is InChI=1S/C18H27N7O3/c1-23-16-14(11-20-23)17(27)25(22-21-16)12-15(26)19-13-18(5-3-2-4-6-18)24-7-9-28-10-8-24/h11H,2-10,12-13H2,1H3,(H,19,26). The Kier molecular flexibility index (Phi) is 5.40. The summed E-state index contributed by atoms with van der Waals surface area (Å²) in [6.07, 6.45) is 7.21. The molecule has 10 nitrogen and oxygen atoms in total. The first-order valence-corrected chi connectivity index (χ1v) is 9.94. The number of aromatic nitrogens is 5. The number of amides is 1. The van der Waals surface area contributed by atoms with Crippen molar-refractivity contribution in [1.82, 2.24) is 35.0 Å². The maximum atomic E-state index is 12.6. The lowest BCUT2D eigenvalue weighted by Crippen LogP contribution is -2.60. The van der Waals surface area contributed by atoms with E-state index in [1.165, 1.54) is 30.1 Å². The van der Waals surface area contributed by atoms with Gasteiger partial charge in [0.2, 0.25) is 5.91 Å². The summed E-state index contributed by atoms with van der Waals surface area (Å²) in [6.45, 7) is 3.73. The van der Waals surface area contributed by atoms with Gasteiger partial charge in [-0.05, 0) is 12.8 Å². The maximum Gasteiger partial charge on any atom is 0.281 e. The van der Waals surface area contributed by atoms with Gasteiger partial charge in [-0.1, -0.05) is 24.5 Å². The van der Waals surface area contributed by atoms with E-state index in [-0.39, 0.29) is 23.6 Å². The van der Waals surface area contributed by atoms with E-state index >= 15 is 0 Å². The summed E-state index contributed by atoms with van der Waals surface area (Å²) in [4.78, 5) is 27.5. The highest BCUT2D eigenvalue weighted by atomic mass is 16.5. The van der Waals surface area contributed by atoms with Crippen LogP contribution in [0.2, 0.25) is 0 Å². The molecule has 1 saturated heterocycles.